The lowest BCUT2D eigenvalue weighted by atomic mass is 9.80. The molecule has 2 N–H and O–H groups in total. The number of aryl methyl sites for hydroxylation is 2. The number of nitrogens with zero attached hydrogens (tertiary/aromatic N) is 5. The number of guanidine groups is 1. The topological polar surface area (TPSA) is 79.8 Å². The van der Waals surface area contributed by atoms with Crippen LogP contribution in [0.15, 0.2) is 64.7 Å². The van der Waals surface area contributed by atoms with Crippen molar-refractivity contribution in [2.75, 3.05) is 13.1 Å². The highest BCUT2D eigenvalue weighted by Crippen LogP contribution is 2.43. The first kappa shape index (κ1) is 21.2. The van der Waals surface area contributed by atoms with E-state index in [9.17, 15) is 4.39 Å². The lowest BCUT2D eigenvalue weighted by molar-refractivity contribution is 0.531. The molecule has 0 amide bonds. The van der Waals surface area contributed by atoms with Gasteiger partial charge < -0.3 is 5.73 Å². The summed E-state index contributed by atoms with van der Waals surface area (Å²) in [5.41, 5.74) is 10.6. The number of hydrogen-bond donors (Lipinski definition) is 1. The van der Waals surface area contributed by atoms with Gasteiger partial charge in [-0.1, -0.05) is 32.0 Å². The second-order valence-corrected chi connectivity index (χ2v) is 8.36. The van der Waals surface area contributed by atoms with E-state index in [1.807, 2.05) is 29.2 Å². The number of pyridine rings is 2. The first-order chi connectivity index (χ1) is 16.1. The number of aromatic nitrogens is 2. The molecule has 0 fully saturated rings. The minimum Gasteiger partial charge on any atom is -0.369 e. The van der Waals surface area contributed by atoms with Crippen LogP contribution in [0.4, 0.5) is 4.39 Å². The highest BCUT2D eigenvalue weighted by molar-refractivity contribution is 6.12. The zero-order valence-electron chi connectivity index (χ0n) is 18.9. The van der Waals surface area contributed by atoms with Crippen LogP contribution in [0.25, 0.3) is 11.1 Å². The van der Waals surface area contributed by atoms with Crippen LogP contribution in [0.3, 0.4) is 0 Å². The van der Waals surface area contributed by atoms with Gasteiger partial charge in [0.15, 0.2) is 11.5 Å². The Kier molecular flexibility index (Phi) is 5.40. The molecule has 0 spiro atoms. The molecule has 0 bridgehead atoms. The Morgan fingerprint density at radius 1 is 1.03 bits per heavy atom. The summed E-state index contributed by atoms with van der Waals surface area (Å²) in [6.45, 7) is 5.69. The molecule has 1 aromatic carbocycles. The van der Waals surface area contributed by atoms with E-state index in [1.165, 1.54) is 6.20 Å². The van der Waals surface area contributed by atoms with E-state index in [4.69, 9.17) is 20.7 Å². The summed E-state index contributed by atoms with van der Waals surface area (Å²) in [5.74, 6) is 0.782. The largest absolute Gasteiger partial charge is 0.369 e. The van der Waals surface area contributed by atoms with Gasteiger partial charge in [0.1, 0.15) is 5.84 Å². The number of hydrogen-bond acceptors (Lipinski definition) is 6. The first-order valence-corrected chi connectivity index (χ1v) is 11.5. The smallest absolute Gasteiger partial charge is 0.220 e. The molecule has 0 saturated heterocycles. The molecule has 2 aliphatic rings. The van der Waals surface area contributed by atoms with Crippen molar-refractivity contribution < 1.29 is 4.39 Å². The molecule has 0 radical (unpaired) electrons. The Balaban J connectivity index is 1.78. The van der Waals surface area contributed by atoms with Crippen molar-refractivity contribution >= 4 is 11.8 Å². The van der Waals surface area contributed by atoms with Crippen LogP contribution in [0.5, 0.6) is 0 Å². The molecular weight excluding hydrogens is 415 g/mol. The quantitative estimate of drug-likeness (QED) is 0.604. The van der Waals surface area contributed by atoms with Gasteiger partial charge in [0.2, 0.25) is 5.95 Å². The van der Waals surface area contributed by atoms with E-state index < -0.39 is 11.5 Å². The second-order valence-electron chi connectivity index (χ2n) is 8.36. The number of nitrogens with two attached hydrogens (primary N) is 1. The summed E-state index contributed by atoms with van der Waals surface area (Å²) >= 11 is 0. The number of rotatable bonds is 5. The maximum atomic E-state index is 14.5. The molecule has 1 atom stereocenters. The van der Waals surface area contributed by atoms with Crippen molar-refractivity contribution in [2.24, 2.45) is 15.7 Å². The average molecular weight is 443 g/mol. The number of fused-ring (bicyclic) bond motifs is 1. The fourth-order valence-electron chi connectivity index (χ4n) is 4.71. The third-order valence-corrected chi connectivity index (χ3v) is 6.36. The van der Waals surface area contributed by atoms with Crippen molar-refractivity contribution in [3.8, 4) is 11.1 Å². The Morgan fingerprint density at radius 2 is 1.82 bits per heavy atom. The number of amidine groups is 1. The number of halogens is 1. The minimum absolute atomic E-state index is 0.449. The summed E-state index contributed by atoms with van der Waals surface area (Å²) in [5, 5.41) is 0. The average Bonchev–Trinajstić information content (AvgIpc) is 3.17. The molecule has 2 aliphatic heterocycles. The van der Waals surface area contributed by atoms with Gasteiger partial charge >= 0.3 is 0 Å². The van der Waals surface area contributed by atoms with Gasteiger partial charge in [-0.25, -0.2) is 9.98 Å². The zero-order chi connectivity index (χ0) is 23.0. The standard InChI is InChI=1S/C26H27FN6/c1-3-20-15-19(16-21(4-2)31-20)26(24-30-12-7-13-33(24)25(28)32-26)18-9-5-8-17(14-18)22-10-6-11-29-23(22)27/h5-6,8-11,14-16H,3-4,7,12-13H2,1-2H3,(H2,28,32). The van der Waals surface area contributed by atoms with Crippen molar-refractivity contribution in [2.45, 2.75) is 38.6 Å². The van der Waals surface area contributed by atoms with Gasteiger partial charge in [0.05, 0.1) is 0 Å². The summed E-state index contributed by atoms with van der Waals surface area (Å²) in [6.07, 6.45) is 4.00. The van der Waals surface area contributed by atoms with Crippen LogP contribution < -0.4 is 5.73 Å². The molecule has 5 rings (SSSR count). The second kappa shape index (κ2) is 8.39. The monoisotopic (exact) mass is 442 g/mol. The van der Waals surface area contributed by atoms with E-state index >= 15 is 0 Å². The predicted molar refractivity (Wildman–Crippen MR) is 129 cm³/mol. The molecule has 4 heterocycles. The fourth-order valence-corrected chi connectivity index (χ4v) is 4.71. The van der Waals surface area contributed by atoms with E-state index in [0.717, 1.165) is 66.3 Å². The fraction of sp³-hybridized carbons (Fsp3) is 0.308. The highest BCUT2D eigenvalue weighted by Gasteiger charge is 2.49. The molecule has 7 heteroatoms. The molecule has 6 nitrogen and oxygen atoms in total. The highest BCUT2D eigenvalue weighted by atomic mass is 19.1. The van der Waals surface area contributed by atoms with Crippen molar-refractivity contribution in [1.29, 1.82) is 0 Å². The SMILES string of the molecule is CCc1cc(C2(c3cccc(-c4cccnc4F)c3)N=C(N)N3CCCN=C32)cc(CC)n1. The Bertz CT molecular complexity index is 1240. The van der Waals surface area contributed by atoms with Gasteiger partial charge in [-0.3, -0.25) is 14.9 Å². The van der Waals surface area contributed by atoms with Gasteiger partial charge in [-0.2, -0.15) is 4.39 Å². The number of benzene rings is 1. The van der Waals surface area contributed by atoms with Crippen molar-refractivity contribution in [1.82, 2.24) is 14.9 Å². The molecule has 0 aliphatic carbocycles. The van der Waals surface area contributed by atoms with Crippen molar-refractivity contribution in [3.05, 3.63) is 83.2 Å². The van der Waals surface area contributed by atoms with Crippen LogP contribution in [0.1, 0.15) is 42.8 Å². The van der Waals surface area contributed by atoms with Gasteiger partial charge in [-0.15, -0.1) is 0 Å². The van der Waals surface area contributed by atoms with E-state index in [-0.39, 0.29) is 0 Å². The summed E-state index contributed by atoms with van der Waals surface area (Å²) in [4.78, 5) is 20.6. The summed E-state index contributed by atoms with van der Waals surface area (Å²) < 4.78 is 14.5. The van der Waals surface area contributed by atoms with Gasteiger partial charge in [-0.05, 0) is 66.3 Å². The zero-order valence-corrected chi connectivity index (χ0v) is 18.9. The molecule has 0 saturated carbocycles. The Hall–Kier alpha value is -3.61. The maximum absolute atomic E-state index is 14.5. The maximum Gasteiger partial charge on any atom is 0.220 e. The molecule has 2 aromatic heterocycles. The molecule has 33 heavy (non-hydrogen) atoms. The number of aliphatic imine (C=N–C) groups is 2. The van der Waals surface area contributed by atoms with Crippen LogP contribution in [-0.4, -0.2) is 39.8 Å². The van der Waals surface area contributed by atoms with Crippen LogP contribution in [0.2, 0.25) is 0 Å². The van der Waals surface area contributed by atoms with E-state index in [2.05, 4.69) is 31.0 Å². The lowest BCUT2D eigenvalue weighted by Crippen LogP contribution is -2.46. The van der Waals surface area contributed by atoms with E-state index in [1.54, 1.807) is 12.1 Å². The van der Waals surface area contributed by atoms with E-state index in [0.29, 0.717) is 11.5 Å². The molecule has 3 aromatic rings. The molecule has 168 valence electrons. The van der Waals surface area contributed by atoms with Gasteiger partial charge in [0.25, 0.3) is 0 Å². The first-order valence-electron chi connectivity index (χ1n) is 11.5. The Morgan fingerprint density at radius 3 is 2.55 bits per heavy atom. The predicted octanol–water partition coefficient (Wildman–Crippen LogP) is 4.08. The summed E-state index contributed by atoms with van der Waals surface area (Å²) in [7, 11) is 0. The third kappa shape index (κ3) is 3.48. The lowest BCUT2D eigenvalue weighted by Gasteiger charge is -2.33. The normalized spacial score (nSPS) is 19.8. The third-order valence-electron chi connectivity index (χ3n) is 6.36. The van der Waals surface area contributed by atoms with Crippen molar-refractivity contribution in [3.63, 3.8) is 0 Å². The van der Waals surface area contributed by atoms with Gasteiger partial charge in [0, 0.05) is 36.2 Å². The summed E-state index contributed by atoms with van der Waals surface area (Å²) in [6, 6.07) is 15.5. The van der Waals surface area contributed by atoms with Crippen LogP contribution in [0, 0.1) is 5.95 Å². The van der Waals surface area contributed by atoms with Crippen LogP contribution >= 0.6 is 0 Å². The Labute approximate surface area is 193 Å². The molecule has 1 unspecified atom stereocenters. The minimum atomic E-state index is -0.907. The van der Waals surface area contributed by atoms with Crippen LogP contribution in [-0.2, 0) is 18.4 Å². The molecular formula is C26H27FN6.